The molecule has 0 saturated heterocycles. The average Bonchev–Trinajstić information content (AvgIpc) is 3.02. The summed E-state index contributed by atoms with van der Waals surface area (Å²) in [4.78, 5) is 50.1. The molecule has 0 spiro atoms. The minimum atomic E-state index is -4.61. The van der Waals surface area contributed by atoms with E-state index in [1.807, 2.05) is 0 Å². The molecular formula is C32H24ClF3N4O5S. The normalized spacial score (nSPS) is 12.2. The fourth-order valence-electron chi connectivity index (χ4n) is 3.94. The lowest BCUT2D eigenvalue weighted by atomic mass is 10.1. The Balaban J connectivity index is 1.49. The lowest BCUT2D eigenvalue weighted by Crippen LogP contribution is -2.30. The molecule has 0 saturated carbocycles. The highest BCUT2D eigenvalue weighted by Gasteiger charge is 2.31. The van der Waals surface area contributed by atoms with Crippen LogP contribution in [0.2, 0.25) is 5.02 Å². The monoisotopic (exact) mass is 668 g/mol. The van der Waals surface area contributed by atoms with Crippen molar-refractivity contribution in [2.45, 2.75) is 23.2 Å². The van der Waals surface area contributed by atoms with Crippen molar-refractivity contribution in [2.75, 3.05) is 10.6 Å². The predicted molar refractivity (Wildman–Crippen MR) is 170 cm³/mol. The van der Waals surface area contributed by atoms with E-state index in [1.165, 1.54) is 30.3 Å². The number of carbonyl (C=O) groups excluding carboxylic acids is 3. The van der Waals surface area contributed by atoms with Gasteiger partial charge in [-0.1, -0.05) is 35.9 Å². The van der Waals surface area contributed by atoms with E-state index in [4.69, 9.17) is 11.6 Å². The van der Waals surface area contributed by atoms with E-state index in [2.05, 4.69) is 16.0 Å². The number of rotatable bonds is 10. The van der Waals surface area contributed by atoms with Crippen LogP contribution in [0.3, 0.4) is 0 Å². The summed E-state index contributed by atoms with van der Waals surface area (Å²) in [5.41, 5.74) is -0.418. The lowest BCUT2D eigenvalue weighted by molar-refractivity contribution is -0.384. The molecule has 236 valence electrons. The Morgan fingerprint density at radius 2 is 1.61 bits per heavy atom. The Labute approximate surface area is 270 Å². The van der Waals surface area contributed by atoms with Crippen molar-refractivity contribution in [3.8, 4) is 0 Å². The number of hydrogen-bond acceptors (Lipinski definition) is 6. The van der Waals surface area contributed by atoms with Crippen molar-refractivity contribution in [1.29, 1.82) is 0 Å². The highest BCUT2D eigenvalue weighted by Crippen LogP contribution is 2.34. The number of carbonyl (C=O) groups is 3. The van der Waals surface area contributed by atoms with Crippen LogP contribution in [0.5, 0.6) is 0 Å². The first-order valence-electron chi connectivity index (χ1n) is 13.4. The third-order valence-electron chi connectivity index (χ3n) is 6.27. The number of nitrogens with one attached hydrogen (secondary N) is 3. The molecule has 4 aromatic carbocycles. The van der Waals surface area contributed by atoms with Crippen LogP contribution >= 0.6 is 23.4 Å². The number of benzene rings is 4. The Morgan fingerprint density at radius 3 is 2.26 bits per heavy atom. The maximum atomic E-state index is 13.4. The van der Waals surface area contributed by atoms with Gasteiger partial charge in [0.15, 0.2) is 0 Å². The second-order valence-corrected chi connectivity index (χ2v) is 11.5. The first-order chi connectivity index (χ1) is 21.8. The zero-order valence-electron chi connectivity index (χ0n) is 23.8. The summed E-state index contributed by atoms with van der Waals surface area (Å²) in [5, 5.41) is 17.9. The molecule has 9 nitrogen and oxygen atoms in total. The van der Waals surface area contributed by atoms with Crippen LogP contribution in [0.25, 0.3) is 6.08 Å². The fraction of sp³-hybridized carbons (Fsp3) is 0.0938. The zero-order chi connectivity index (χ0) is 33.4. The highest BCUT2D eigenvalue weighted by atomic mass is 35.5. The van der Waals surface area contributed by atoms with E-state index in [-0.39, 0.29) is 22.1 Å². The molecule has 4 aromatic rings. The maximum absolute atomic E-state index is 13.4. The Morgan fingerprint density at radius 1 is 0.913 bits per heavy atom. The Bertz CT molecular complexity index is 1800. The standard InChI is InChI=1S/C32H24ClF3N4O5S/c1-19(29(41)38-27-17-22(32(34,35)36)12-15-26(27)33)46-25-9-5-8-23(18-25)37-31(43)28(39-30(42)21-6-3-2-4-7-21)16-20-10-13-24(14-11-20)40(44)45/h2-19H,1H3,(H,37,43)(H,38,41)(H,39,42)/b28-16+. The van der Waals surface area contributed by atoms with Crippen LogP contribution in [-0.4, -0.2) is 27.9 Å². The van der Waals surface area contributed by atoms with Gasteiger partial charge in [-0.15, -0.1) is 11.8 Å². The minimum Gasteiger partial charge on any atom is -0.324 e. The smallest absolute Gasteiger partial charge is 0.324 e. The van der Waals surface area contributed by atoms with Crippen LogP contribution < -0.4 is 16.0 Å². The van der Waals surface area contributed by atoms with Crippen molar-refractivity contribution in [2.24, 2.45) is 0 Å². The molecule has 1 atom stereocenters. The summed E-state index contributed by atoms with van der Waals surface area (Å²) >= 11 is 7.08. The van der Waals surface area contributed by atoms with Crippen LogP contribution in [0, 0.1) is 10.1 Å². The molecule has 46 heavy (non-hydrogen) atoms. The van der Waals surface area contributed by atoms with Crippen LogP contribution in [0.4, 0.5) is 30.2 Å². The van der Waals surface area contributed by atoms with Gasteiger partial charge in [0.2, 0.25) is 5.91 Å². The van der Waals surface area contributed by atoms with Gasteiger partial charge in [0.05, 0.1) is 26.4 Å². The van der Waals surface area contributed by atoms with Crippen LogP contribution in [-0.2, 0) is 15.8 Å². The van der Waals surface area contributed by atoms with Gasteiger partial charge in [0.1, 0.15) is 5.70 Å². The average molecular weight is 669 g/mol. The number of nitro groups is 1. The number of thioether (sulfide) groups is 1. The van der Waals surface area contributed by atoms with Crippen LogP contribution in [0.1, 0.15) is 28.4 Å². The van der Waals surface area contributed by atoms with E-state index in [9.17, 15) is 37.7 Å². The van der Waals surface area contributed by atoms with Crippen LogP contribution in [0.15, 0.2) is 108 Å². The number of halogens is 4. The third kappa shape index (κ3) is 9.19. The number of nitrogens with zero attached hydrogens (tertiary/aromatic N) is 1. The van der Waals surface area contributed by atoms with Gasteiger partial charge in [-0.2, -0.15) is 13.2 Å². The topological polar surface area (TPSA) is 130 Å². The number of nitro benzene ring substituents is 1. The fourth-order valence-corrected chi connectivity index (χ4v) is 5.03. The van der Waals surface area contributed by atoms with Gasteiger partial charge in [-0.25, -0.2) is 0 Å². The molecule has 4 rings (SSSR count). The van der Waals surface area contributed by atoms with E-state index in [0.717, 1.165) is 30.0 Å². The number of hydrogen-bond donors (Lipinski definition) is 3. The zero-order valence-corrected chi connectivity index (χ0v) is 25.4. The molecule has 0 aliphatic heterocycles. The van der Waals surface area contributed by atoms with E-state index < -0.39 is 39.6 Å². The van der Waals surface area contributed by atoms with E-state index >= 15 is 0 Å². The number of alkyl halides is 3. The predicted octanol–water partition coefficient (Wildman–Crippen LogP) is 7.80. The third-order valence-corrected chi connectivity index (χ3v) is 7.69. The van der Waals surface area contributed by atoms with Gasteiger partial charge in [0.25, 0.3) is 17.5 Å². The number of non-ortho nitro benzene ring substituents is 1. The van der Waals surface area contributed by atoms with E-state index in [1.54, 1.807) is 61.5 Å². The van der Waals surface area contributed by atoms with Gasteiger partial charge >= 0.3 is 6.18 Å². The lowest BCUT2D eigenvalue weighted by Gasteiger charge is -2.15. The second-order valence-electron chi connectivity index (χ2n) is 9.65. The summed E-state index contributed by atoms with van der Waals surface area (Å²) in [6.45, 7) is 1.55. The van der Waals surface area contributed by atoms with Crippen molar-refractivity contribution in [1.82, 2.24) is 5.32 Å². The molecule has 0 aliphatic rings. The van der Waals surface area contributed by atoms with Gasteiger partial charge in [0, 0.05) is 28.3 Å². The van der Waals surface area contributed by atoms with Crippen molar-refractivity contribution in [3.05, 3.63) is 135 Å². The number of anilines is 2. The van der Waals surface area contributed by atoms with E-state index in [0.29, 0.717) is 21.7 Å². The number of amides is 3. The van der Waals surface area contributed by atoms with Gasteiger partial charge < -0.3 is 16.0 Å². The first kappa shape index (κ1) is 33.7. The molecule has 3 N–H and O–H groups in total. The SMILES string of the molecule is CC(Sc1cccc(NC(=O)/C(=C\c2ccc([N+](=O)[O-])cc2)NC(=O)c2ccccc2)c1)C(=O)Nc1cc(C(F)(F)F)ccc1Cl. The second kappa shape index (κ2) is 14.8. The van der Waals surface area contributed by atoms with Crippen molar-refractivity contribution < 1.29 is 32.5 Å². The molecule has 0 aliphatic carbocycles. The molecule has 3 amide bonds. The summed E-state index contributed by atoms with van der Waals surface area (Å²) in [6.07, 6.45) is -3.25. The molecule has 0 fully saturated rings. The Hall–Kier alpha value is -5.14. The van der Waals surface area contributed by atoms with Gasteiger partial charge in [-0.05, 0) is 79.2 Å². The minimum absolute atomic E-state index is 0.0554. The highest BCUT2D eigenvalue weighted by molar-refractivity contribution is 8.00. The molecular weight excluding hydrogens is 645 g/mol. The quantitative estimate of drug-likeness (QED) is 0.0684. The maximum Gasteiger partial charge on any atom is 0.416 e. The summed E-state index contributed by atoms with van der Waals surface area (Å²) in [6, 6.07) is 22.6. The molecule has 1 unspecified atom stereocenters. The van der Waals surface area contributed by atoms with Gasteiger partial charge in [-0.3, -0.25) is 24.5 Å². The molecule has 0 aromatic heterocycles. The van der Waals surface area contributed by atoms with Crippen molar-refractivity contribution in [3.63, 3.8) is 0 Å². The summed E-state index contributed by atoms with van der Waals surface area (Å²) in [7, 11) is 0. The molecule has 0 bridgehead atoms. The molecule has 0 radical (unpaired) electrons. The van der Waals surface area contributed by atoms with Crippen molar-refractivity contribution >= 4 is 64.2 Å². The molecule has 14 heteroatoms. The summed E-state index contributed by atoms with van der Waals surface area (Å²) < 4.78 is 39.3. The molecule has 0 heterocycles. The largest absolute Gasteiger partial charge is 0.416 e. The summed E-state index contributed by atoms with van der Waals surface area (Å²) in [5.74, 6) is -1.86. The Kier molecular flexibility index (Phi) is 10.8. The first-order valence-corrected chi connectivity index (χ1v) is 14.6.